The summed E-state index contributed by atoms with van der Waals surface area (Å²) in [5, 5.41) is 0. The van der Waals surface area contributed by atoms with Crippen LogP contribution in [0.2, 0.25) is 0 Å². The summed E-state index contributed by atoms with van der Waals surface area (Å²) >= 11 is 5.68. The second-order valence-corrected chi connectivity index (χ2v) is 6.61. The summed E-state index contributed by atoms with van der Waals surface area (Å²) < 4.78 is 25.9. The second kappa shape index (κ2) is 5.38. The van der Waals surface area contributed by atoms with E-state index in [1.54, 1.807) is 0 Å². The minimum Gasteiger partial charge on any atom is -0.212 e. The third kappa shape index (κ3) is 4.30. The molecule has 1 aliphatic carbocycles. The minimum atomic E-state index is -3.11. The van der Waals surface area contributed by atoms with Crippen molar-refractivity contribution in [2.24, 2.45) is 5.92 Å². The molecule has 94 valence electrons. The van der Waals surface area contributed by atoms with Crippen LogP contribution in [-0.4, -0.2) is 14.2 Å². The van der Waals surface area contributed by atoms with E-state index in [0.717, 1.165) is 24.0 Å². The van der Waals surface area contributed by atoms with Crippen molar-refractivity contribution in [3.63, 3.8) is 0 Å². The number of rotatable bonds is 6. The third-order valence-corrected chi connectivity index (χ3v) is 4.63. The maximum absolute atomic E-state index is 11.6. The molecule has 0 aliphatic heterocycles. The molecule has 0 atom stereocenters. The SMILES string of the molecule is O=S(=O)(CC1CC1)NCc1ccc(CCl)cc1. The lowest BCUT2D eigenvalue weighted by Crippen LogP contribution is -2.26. The number of hydrogen-bond acceptors (Lipinski definition) is 2. The van der Waals surface area contributed by atoms with Crippen molar-refractivity contribution in [2.45, 2.75) is 25.3 Å². The van der Waals surface area contributed by atoms with Gasteiger partial charge in [0.15, 0.2) is 0 Å². The first kappa shape index (κ1) is 12.9. The van der Waals surface area contributed by atoms with Crippen LogP contribution in [0.15, 0.2) is 24.3 Å². The minimum absolute atomic E-state index is 0.271. The Hall–Kier alpha value is -0.580. The molecule has 2 rings (SSSR count). The average molecular weight is 274 g/mol. The molecule has 1 saturated carbocycles. The quantitative estimate of drug-likeness (QED) is 0.808. The van der Waals surface area contributed by atoms with E-state index in [2.05, 4.69) is 4.72 Å². The summed E-state index contributed by atoms with van der Waals surface area (Å²) in [6, 6.07) is 7.63. The number of alkyl halides is 1. The molecule has 17 heavy (non-hydrogen) atoms. The van der Waals surface area contributed by atoms with Crippen molar-refractivity contribution in [2.75, 3.05) is 5.75 Å². The highest BCUT2D eigenvalue weighted by Gasteiger charge is 2.27. The van der Waals surface area contributed by atoms with Gasteiger partial charge in [0.1, 0.15) is 0 Å². The van der Waals surface area contributed by atoms with Crippen LogP contribution in [0.25, 0.3) is 0 Å². The fourth-order valence-electron chi connectivity index (χ4n) is 1.59. The fourth-order valence-corrected chi connectivity index (χ4v) is 3.23. The maximum atomic E-state index is 11.6. The zero-order valence-corrected chi connectivity index (χ0v) is 11.1. The van der Waals surface area contributed by atoms with E-state index < -0.39 is 10.0 Å². The fraction of sp³-hybridized carbons (Fsp3) is 0.500. The average Bonchev–Trinajstić information content (AvgIpc) is 3.10. The predicted octanol–water partition coefficient (Wildman–Crippen LogP) is 2.25. The van der Waals surface area contributed by atoms with Gasteiger partial charge in [-0.1, -0.05) is 24.3 Å². The van der Waals surface area contributed by atoms with Gasteiger partial charge in [0.2, 0.25) is 10.0 Å². The summed E-state index contributed by atoms with van der Waals surface area (Å²) in [5.41, 5.74) is 1.99. The molecule has 0 heterocycles. The summed E-state index contributed by atoms with van der Waals surface area (Å²) in [6.07, 6.45) is 2.09. The molecule has 0 unspecified atom stereocenters. The van der Waals surface area contributed by atoms with Gasteiger partial charge in [-0.15, -0.1) is 11.6 Å². The van der Waals surface area contributed by atoms with E-state index in [9.17, 15) is 8.42 Å². The summed E-state index contributed by atoms with van der Waals surface area (Å²) in [4.78, 5) is 0. The van der Waals surface area contributed by atoms with Gasteiger partial charge in [-0.25, -0.2) is 13.1 Å². The highest BCUT2D eigenvalue weighted by atomic mass is 35.5. The van der Waals surface area contributed by atoms with Crippen LogP contribution in [-0.2, 0) is 22.4 Å². The molecule has 3 nitrogen and oxygen atoms in total. The molecule has 0 bridgehead atoms. The van der Waals surface area contributed by atoms with Crippen molar-refractivity contribution < 1.29 is 8.42 Å². The molecule has 1 aliphatic rings. The van der Waals surface area contributed by atoms with Crippen molar-refractivity contribution in [1.29, 1.82) is 0 Å². The number of sulfonamides is 1. The zero-order valence-electron chi connectivity index (χ0n) is 9.52. The van der Waals surface area contributed by atoms with Crippen LogP contribution >= 0.6 is 11.6 Å². The Bertz CT molecular complexity index is 466. The molecular formula is C12H16ClNO2S. The molecule has 0 aromatic heterocycles. The molecule has 1 fully saturated rings. The predicted molar refractivity (Wildman–Crippen MR) is 69.3 cm³/mol. The lowest BCUT2D eigenvalue weighted by molar-refractivity contribution is 0.577. The second-order valence-electron chi connectivity index (χ2n) is 4.50. The molecule has 1 aromatic rings. The normalized spacial score (nSPS) is 16.1. The van der Waals surface area contributed by atoms with Gasteiger partial charge in [0.05, 0.1) is 5.75 Å². The van der Waals surface area contributed by atoms with Crippen molar-refractivity contribution in [3.8, 4) is 0 Å². The standard InChI is InChI=1S/C12H16ClNO2S/c13-7-10-1-3-11(4-2-10)8-14-17(15,16)9-12-5-6-12/h1-4,12,14H,5-9H2. The first-order chi connectivity index (χ1) is 8.09. The zero-order chi connectivity index (χ0) is 12.3. The Morgan fingerprint density at radius 3 is 2.29 bits per heavy atom. The molecule has 0 amide bonds. The van der Waals surface area contributed by atoms with E-state index in [4.69, 9.17) is 11.6 Å². The monoisotopic (exact) mass is 273 g/mol. The first-order valence-electron chi connectivity index (χ1n) is 5.70. The summed E-state index contributed by atoms with van der Waals surface area (Å²) in [5.74, 6) is 1.13. The number of halogens is 1. The smallest absolute Gasteiger partial charge is 0.212 e. The Morgan fingerprint density at radius 1 is 1.18 bits per heavy atom. The lowest BCUT2D eigenvalue weighted by atomic mass is 10.1. The lowest BCUT2D eigenvalue weighted by Gasteiger charge is -2.06. The van der Waals surface area contributed by atoms with Crippen LogP contribution in [0.4, 0.5) is 0 Å². The summed E-state index contributed by atoms with van der Waals surface area (Å²) in [6.45, 7) is 0.359. The Balaban J connectivity index is 1.87. The molecule has 1 aromatic carbocycles. The van der Waals surface area contributed by atoms with Crippen molar-refractivity contribution >= 4 is 21.6 Å². The maximum Gasteiger partial charge on any atom is 0.212 e. The van der Waals surface area contributed by atoms with Gasteiger partial charge >= 0.3 is 0 Å². The highest BCUT2D eigenvalue weighted by molar-refractivity contribution is 7.89. The summed E-state index contributed by atoms with van der Waals surface area (Å²) in [7, 11) is -3.11. The van der Waals surface area contributed by atoms with Gasteiger partial charge < -0.3 is 0 Å². The van der Waals surface area contributed by atoms with E-state index in [1.165, 1.54) is 0 Å². The van der Waals surface area contributed by atoms with Gasteiger partial charge in [0, 0.05) is 12.4 Å². The first-order valence-corrected chi connectivity index (χ1v) is 7.89. The van der Waals surface area contributed by atoms with Crippen molar-refractivity contribution in [3.05, 3.63) is 35.4 Å². The van der Waals surface area contributed by atoms with Crippen LogP contribution < -0.4 is 4.72 Å². The number of nitrogens with one attached hydrogen (secondary N) is 1. The molecular weight excluding hydrogens is 258 g/mol. The van der Waals surface area contributed by atoms with Crippen LogP contribution in [0.5, 0.6) is 0 Å². The van der Waals surface area contributed by atoms with Gasteiger partial charge in [-0.3, -0.25) is 0 Å². The largest absolute Gasteiger partial charge is 0.212 e. The Morgan fingerprint density at radius 2 is 1.76 bits per heavy atom. The number of hydrogen-bond donors (Lipinski definition) is 1. The Labute approximate surface area is 107 Å². The Kier molecular flexibility index (Phi) is 4.07. The van der Waals surface area contributed by atoms with E-state index >= 15 is 0 Å². The number of benzene rings is 1. The van der Waals surface area contributed by atoms with Crippen LogP contribution in [0.3, 0.4) is 0 Å². The highest BCUT2D eigenvalue weighted by Crippen LogP contribution is 2.29. The third-order valence-electron chi connectivity index (χ3n) is 2.83. The molecule has 5 heteroatoms. The van der Waals surface area contributed by atoms with Gasteiger partial charge in [-0.2, -0.15) is 0 Å². The molecule has 1 N–H and O–H groups in total. The topological polar surface area (TPSA) is 46.2 Å². The van der Waals surface area contributed by atoms with E-state index in [1.807, 2.05) is 24.3 Å². The van der Waals surface area contributed by atoms with Crippen LogP contribution in [0, 0.1) is 5.92 Å². The van der Waals surface area contributed by atoms with Gasteiger partial charge in [0.25, 0.3) is 0 Å². The molecule has 0 spiro atoms. The van der Waals surface area contributed by atoms with E-state index in [-0.39, 0.29) is 5.75 Å². The van der Waals surface area contributed by atoms with Gasteiger partial charge in [-0.05, 0) is 29.9 Å². The van der Waals surface area contributed by atoms with Crippen molar-refractivity contribution in [1.82, 2.24) is 4.72 Å². The van der Waals surface area contributed by atoms with Crippen LogP contribution in [0.1, 0.15) is 24.0 Å². The molecule has 0 saturated heterocycles. The molecule has 0 radical (unpaired) electrons. The van der Waals surface area contributed by atoms with E-state index in [0.29, 0.717) is 18.3 Å².